The number of carbonyl (C=O) groups is 1. The molecule has 15 heavy (non-hydrogen) atoms. The number of carbonyl (C=O) groups excluding carboxylic acids is 1. The summed E-state index contributed by atoms with van der Waals surface area (Å²) < 4.78 is 5.21. The molecule has 0 unspecified atom stereocenters. The first-order chi connectivity index (χ1) is 7.27. The molecule has 4 heteroatoms. The molecule has 1 aromatic rings. The standard InChI is InChI=1S/C11H12N2O2/c1-2-13-11(14)8-15-10-6-4-3-5-9(10)7-12/h3-6H,2,8H2,1H3,(H,13,14). The van der Waals surface area contributed by atoms with E-state index in [9.17, 15) is 4.79 Å². The van der Waals surface area contributed by atoms with E-state index in [-0.39, 0.29) is 12.5 Å². The Hall–Kier alpha value is -2.02. The largest absolute Gasteiger partial charge is 0.482 e. The molecular formula is C11H12N2O2. The third-order valence-corrected chi connectivity index (χ3v) is 1.74. The first-order valence-corrected chi connectivity index (χ1v) is 4.66. The summed E-state index contributed by atoms with van der Waals surface area (Å²) in [6, 6.07) is 8.81. The summed E-state index contributed by atoms with van der Waals surface area (Å²) in [7, 11) is 0. The Balaban J connectivity index is 2.58. The number of benzene rings is 1. The van der Waals surface area contributed by atoms with E-state index in [1.54, 1.807) is 24.3 Å². The highest BCUT2D eigenvalue weighted by Gasteiger charge is 2.04. The van der Waals surface area contributed by atoms with Gasteiger partial charge in [-0.05, 0) is 19.1 Å². The molecule has 0 bridgehead atoms. The molecule has 78 valence electrons. The van der Waals surface area contributed by atoms with Crippen LogP contribution in [0.1, 0.15) is 12.5 Å². The number of para-hydroxylation sites is 1. The lowest BCUT2D eigenvalue weighted by molar-refractivity contribution is -0.122. The van der Waals surface area contributed by atoms with Crippen molar-refractivity contribution in [1.29, 1.82) is 5.26 Å². The van der Waals surface area contributed by atoms with E-state index in [4.69, 9.17) is 10.00 Å². The normalized spacial score (nSPS) is 9.07. The molecule has 0 aliphatic heterocycles. The summed E-state index contributed by atoms with van der Waals surface area (Å²) in [5.74, 6) is 0.247. The van der Waals surface area contributed by atoms with Crippen molar-refractivity contribution in [2.75, 3.05) is 13.2 Å². The van der Waals surface area contributed by atoms with Gasteiger partial charge < -0.3 is 10.1 Å². The van der Waals surface area contributed by atoms with E-state index in [0.717, 1.165) is 0 Å². The van der Waals surface area contributed by atoms with Gasteiger partial charge >= 0.3 is 0 Å². The molecule has 0 aliphatic rings. The zero-order valence-electron chi connectivity index (χ0n) is 8.49. The predicted octanol–water partition coefficient (Wildman–Crippen LogP) is 1.07. The monoisotopic (exact) mass is 204 g/mol. The highest BCUT2D eigenvalue weighted by Crippen LogP contribution is 2.15. The Bertz CT molecular complexity index is 382. The van der Waals surface area contributed by atoms with Gasteiger partial charge in [0.05, 0.1) is 5.56 Å². The topological polar surface area (TPSA) is 62.1 Å². The first kappa shape index (κ1) is 11.1. The van der Waals surface area contributed by atoms with Crippen LogP contribution in [0.3, 0.4) is 0 Å². The van der Waals surface area contributed by atoms with Crippen LogP contribution >= 0.6 is 0 Å². The van der Waals surface area contributed by atoms with E-state index in [1.165, 1.54) is 0 Å². The fourth-order valence-electron chi connectivity index (χ4n) is 1.08. The lowest BCUT2D eigenvalue weighted by Crippen LogP contribution is -2.28. The molecule has 0 saturated carbocycles. The second-order valence-corrected chi connectivity index (χ2v) is 2.85. The molecule has 0 saturated heterocycles. The lowest BCUT2D eigenvalue weighted by Gasteiger charge is -2.06. The molecule has 4 nitrogen and oxygen atoms in total. The number of likely N-dealkylation sites (N-methyl/N-ethyl adjacent to an activating group) is 1. The number of amides is 1. The second-order valence-electron chi connectivity index (χ2n) is 2.85. The van der Waals surface area contributed by atoms with Crippen molar-refractivity contribution in [1.82, 2.24) is 5.32 Å². The van der Waals surface area contributed by atoms with Gasteiger partial charge in [0, 0.05) is 6.54 Å². The quantitative estimate of drug-likeness (QED) is 0.798. The van der Waals surface area contributed by atoms with E-state index >= 15 is 0 Å². The maximum Gasteiger partial charge on any atom is 0.257 e. The van der Waals surface area contributed by atoms with Gasteiger partial charge in [0.2, 0.25) is 0 Å². The van der Waals surface area contributed by atoms with Gasteiger partial charge in [-0.2, -0.15) is 5.26 Å². The van der Waals surface area contributed by atoms with Crippen LogP contribution in [0.5, 0.6) is 5.75 Å². The van der Waals surface area contributed by atoms with E-state index in [1.807, 2.05) is 13.0 Å². The first-order valence-electron chi connectivity index (χ1n) is 4.66. The Morgan fingerprint density at radius 3 is 2.93 bits per heavy atom. The molecule has 0 aliphatic carbocycles. The maximum absolute atomic E-state index is 11.1. The SMILES string of the molecule is CCNC(=O)COc1ccccc1C#N. The van der Waals surface area contributed by atoms with Crippen LogP contribution in [0.4, 0.5) is 0 Å². The van der Waals surface area contributed by atoms with Crippen molar-refractivity contribution in [2.24, 2.45) is 0 Å². The van der Waals surface area contributed by atoms with Crippen LogP contribution in [0.15, 0.2) is 24.3 Å². The van der Waals surface area contributed by atoms with Crippen molar-refractivity contribution in [3.05, 3.63) is 29.8 Å². The van der Waals surface area contributed by atoms with Crippen molar-refractivity contribution < 1.29 is 9.53 Å². The van der Waals surface area contributed by atoms with Gasteiger partial charge in [0.25, 0.3) is 5.91 Å². The second kappa shape index (κ2) is 5.66. The number of nitrogens with one attached hydrogen (secondary N) is 1. The van der Waals surface area contributed by atoms with Crippen LogP contribution < -0.4 is 10.1 Å². The minimum absolute atomic E-state index is 0.0630. The molecule has 0 spiro atoms. The summed E-state index contributed by atoms with van der Waals surface area (Å²) >= 11 is 0. The molecular weight excluding hydrogens is 192 g/mol. The minimum atomic E-state index is -0.190. The van der Waals surface area contributed by atoms with Gasteiger partial charge in [0.1, 0.15) is 11.8 Å². The van der Waals surface area contributed by atoms with Crippen LogP contribution in [-0.4, -0.2) is 19.1 Å². The van der Waals surface area contributed by atoms with Gasteiger partial charge in [-0.25, -0.2) is 0 Å². The van der Waals surface area contributed by atoms with Crippen molar-refractivity contribution in [3.63, 3.8) is 0 Å². The number of nitriles is 1. The number of hydrogen-bond acceptors (Lipinski definition) is 3. The molecule has 1 amide bonds. The number of rotatable bonds is 4. The van der Waals surface area contributed by atoms with Crippen LogP contribution in [0.2, 0.25) is 0 Å². The predicted molar refractivity (Wildman–Crippen MR) is 55.3 cm³/mol. The Kier molecular flexibility index (Phi) is 4.17. The molecule has 1 N–H and O–H groups in total. The molecule has 0 aromatic heterocycles. The average molecular weight is 204 g/mol. The third kappa shape index (κ3) is 3.31. The number of nitrogens with zero attached hydrogens (tertiary/aromatic N) is 1. The van der Waals surface area contributed by atoms with Crippen LogP contribution in [-0.2, 0) is 4.79 Å². The molecule has 1 aromatic carbocycles. The van der Waals surface area contributed by atoms with Gasteiger partial charge in [-0.15, -0.1) is 0 Å². The fourth-order valence-corrected chi connectivity index (χ4v) is 1.08. The highest BCUT2D eigenvalue weighted by atomic mass is 16.5. The van der Waals surface area contributed by atoms with Crippen molar-refractivity contribution >= 4 is 5.91 Å². The average Bonchev–Trinajstić information content (AvgIpc) is 2.27. The fraction of sp³-hybridized carbons (Fsp3) is 0.273. The molecule has 0 atom stereocenters. The molecule has 0 heterocycles. The summed E-state index contributed by atoms with van der Waals surface area (Å²) in [5.41, 5.74) is 0.432. The molecule has 1 rings (SSSR count). The smallest absolute Gasteiger partial charge is 0.257 e. The minimum Gasteiger partial charge on any atom is -0.482 e. The van der Waals surface area contributed by atoms with Crippen LogP contribution in [0, 0.1) is 11.3 Å². The third-order valence-electron chi connectivity index (χ3n) is 1.74. The van der Waals surface area contributed by atoms with Gasteiger partial charge in [0.15, 0.2) is 6.61 Å². The molecule has 0 radical (unpaired) electrons. The zero-order chi connectivity index (χ0) is 11.1. The number of hydrogen-bond donors (Lipinski definition) is 1. The van der Waals surface area contributed by atoms with Gasteiger partial charge in [-0.1, -0.05) is 12.1 Å². The van der Waals surface area contributed by atoms with Crippen molar-refractivity contribution in [2.45, 2.75) is 6.92 Å². The molecule has 0 fully saturated rings. The zero-order valence-corrected chi connectivity index (χ0v) is 8.49. The van der Waals surface area contributed by atoms with E-state index < -0.39 is 0 Å². The van der Waals surface area contributed by atoms with E-state index in [2.05, 4.69) is 5.32 Å². The van der Waals surface area contributed by atoms with Crippen LogP contribution in [0.25, 0.3) is 0 Å². The highest BCUT2D eigenvalue weighted by molar-refractivity contribution is 5.77. The van der Waals surface area contributed by atoms with E-state index in [0.29, 0.717) is 17.9 Å². The summed E-state index contributed by atoms with van der Waals surface area (Å²) in [6.45, 7) is 2.34. The van der Waals surface area contributed by atoms with Crippen molar-refractivity contribution in [3.8, 4) is 11.8 Å². The van der Waals surface area contributed by atoms with Gasteiger partial charge in [-0.3, -0.25) is 4.79 Å². The summed E-state index contributed by atoms with van der Waals surface area (Å²) in [6.07, 6.45) is 0. The Morgan fingerprint density at radius 2 is 2.27 bits per heavy atom. The lowest BCUT2D eigenvalue weighted by atomic mass is 10.2. The summed E-state index contributed by atoms with van der Waals surface area (Å²) in [4.78, 5) is 11.1. The maximum atomic E-state index is 11.1. The Morgan fingerprint density at radius 1 is 1.53 bits per heavy atom. The Labute approximate surface area is 88.5 Å². The number of ether oxygens (including phenoxy) is 1. The summed E-state index contributed by atoms with van der Waals surface area (Å²) in [5, 5.41) is 11.4.